The topological polar surface area (TPSA) is 108 Å². The van der Waals surface area contributed by atoms with Gasteiger partial charge in [-0.2, -0.15) is 5.26 Å². The van der Waals surface area contributed by atoms with Crippen LogP contribution in [0.15, 0.2) is 41.2 Å². The Balaban J connectivity index is 1.75. The Morgan fingerprint density at radius 3 is 2.46 bits per heavy atom. The molecule has 3 aromatic rings. The fourth-order valence-electron chi connectivity index (χ4n) is 4.72. The van der Waals surface area contributed by atoms with E-state index in [0.717, 1.165) is 16.6 Å². The number of nitrogens with zero attached hydrogens (tertiary/aromatic N) is 6. The zero-order valence-electron chi connectivity index (χ0n) is 19.1. The molecular weight excluding hydrogens is 451 g/mol. The van der Waals surface area contributed by atoms with E-state index >= 15 is 0 Å². The molecule has 178 valence electrons. The summed E-state index contributed by atoms with van der Waals surface area (Å²) in [6.07, 6.45) is 6.22. The smallest absolute Gasteiger partial charge is 0.359 e. The molecule has 1 saturated heterocycles. The molecule has 10 heteroatoms. The van der Waals surface area contributed by atoms with Crippen molar-refractivity contribution in [2.24, 2.45) is 0 Å². The number of piperazine rings is 1. The van der Waals surface area contributed by atoms with Crippen molar-refractivity contribution >= 4 is 22.4 Å². The molecule has 35 heavy (non-hydrogen) atoms. The average Bonchev–Trinajstić information content (AvgIpc) is 2.87. The SMILES string of the molecule is C#CCn1c(=O)c([N+](=O)[O-])c(N2CCN([C@@H](CC)c3ccc(F)cc3)CC2)c2nc(C#N)ccc21. The number of terminal acetylenes is 1. The predicted octanol–water partition coefficient (Wildman–Crippen LogP) is 3.22. The Morgan fingerprint density at radius 1 is 1.20 bits per heavy atom. The molecule has 1 atom stereocenters. The fourth-order valence-corrected chi connectivity index (χ4v) is 4.72. The van der Waals surface area contributed by atoms with Crippen LogP contribution in [0.4, 0.5) is 15.8 Å². The number of aromatic nitrogens is 2. The number of anilines is 1. The van der Waals surface area contributed by atoms with Crippen molar-refractivity contribution in [3.8, 4) is 18.4 Å². The van der Waals surface area contributed by atoms with Crippen molar-refractivity contribution in [1.29, 1.82) is 5.26 Å². The zero-order valence-corrected chi connectivity index (χ0v) is 19.1. The molecule has 0 aliphatic carbocycles. The maximum absolute atomic E-state index is 13.4. The number of nitriles is 1. The molecule has 0 amide bonds. The van der Waals surface area contributed by atoms with E-state index < -0.39 is 16.2 Å². The molecule has 1 aliphatic rings. The van der Waals surface area contributed by atoms with Crippen LogP contribution in [0.3, 0.4) is 0 Å². The highest BCUT2D eigenvalue weighted by Crippen LogP contribution is 2.34. The highest BCUT2D eigenvalue weighted by Gasteiger charge is 2.33. The first-order valence-corrected chi connectivity index (χ1v) is 11.2. The summed E-state index contributed by atoms with van der Waals surface area (Å²) in [6, 6.07) is 11.4. The third kappa shape index (κ3) is 4.44. The van der Waals surface area contributed by atoms with E-state index in [0.29, 0.717) is 31.7 Å². The quantitative estimate of drug-likeness (QED) is 0.307. The monoisotopic (exact) mass is 474 g/mol. The van der Waals surface area contributed by atoms with Gasteiger partial charge in [-0.3, -0.25) is 24.4 Å². The summed E-state index contributed by atoms with van der Waals surface area (Å²) in [5.74, 6) is 2.06. The average molecular weight is 474 g/mol. The van der Waals surface area contributed by atoms with Gasteiger partial charge in [-0.25, -0.2) is 9.37 Å². The lowest BCUT2D eigenvalue weighted by molar-refractivity contribution is -0.385. The van der Waals surface area contributed by atoms with Crippen LogP contribution in [0.5, 0.6) is 0 Å². The van der Waals surface area contributed by atoms with E-state index in [-0.39, 0.29) is 35.3 Å². The van der Waals surface area contributed by atoms with Gasteiger partial charge in [-0.05, 0) is 36.2 Å². The summed E-state index contributed by atoms with van der Waals surface area (Å²) in [4.78, 5) is 32.8. The molecule has 4 rings (SSSR count). The van der Waals surface area contributed by atoms with Gasteiger partial charge in [0.05, 0.1) is 17.0 Å². The summed E-state index contributed by atoms with van der Waals surface area (Å²) in [5.41, 5.74) is 0.319. The zero-order chi connectivity index (χ0) is 25.1. The van der Waals surface area contributed by atoms with E-state index in [1.165, 1.54) is 18.2 Å². The Bertz CT molecular complexity index is 1410. The van der Waals surface area contributed by atoms with Gasteiger partial charge in [-0.15, -0.1) is 6.42 Å². The van der Waals surface area contributed by atoms with E-state index in [1.807, 2.05) is 6.07 Å². The van der Waals surface area contributed by atoms with E-state index in [9.17, 15) is 24.6 Å². The number of hydrogen-bond donors (Lipinski definition) is 0. The molecule has 0 unspecified atom stereocenters. The molecule has 1 aliphatic heterocycles. The van der Waals surface area contributed by atoms with Crippen molar-refractivity contribution in [2.75, 3.05) is 31.1 Å². The normalized spacial score (nSPS) is 14.9. The van der Waals surface area contributed by atoms with Crippen molar-refractivity contribution in [3.05, 3.63) is 73.9 Å². The van der Waals surface area contributed by atoms with Crippen LogP contribution in [0.1, 0.15) is 30.6 Å². The lowest BCUT2D eigenvalue weighted by Crippen LogP contribution is -2.48. The van der Waals surface area contributed by atoms with Crippen LogP contribution in [0.2, 0.25) is 0 Å². The number of halogens is 1. The summed E-state index contributed by atoms with van der Waals surface area (Å²) in [5, 5.41) is 21.4. The molecule has 1 fully saturated rings. The molecule has 0 spiro atoms. The lowest BCUT2D eigenvalue weighted by atomic mass is 10.0. The molecule has 2 aromatic heterocycles. The van der Waals surface area contributed by atoms with E-state index in [2.05, 4.69) is 22.7 Å². The molecule has 0 saturated carbocycles. The predicted molar refractivity (Wildman–Crippen MR) is 129 cm³/mol. The molecule has 0 N–H and O–H groups in total. The molecule has 0 bridgehead atoms. The van der Waals surface area contributed by atoms with Gasteiger partial charge in [-0.1, -0.05) is 25.0 Å². The second-order valence-electron chi connectivity index (χ2n) is 8.22. The second-order valence-corrected chi connectivity index (χ2v) is 8.22. The van der Waals surface area contributed by atoms with Crippen LogP contribution in [-0.2, 0) is 6.54 Å². The second kappa shape index (κ2) is 9.92. The Labute approximate surface area is 201 Å². The van der Waals surface area contributed by atoms with Crippen LogP contribution in [0, 0.1) is 39.6 Å². The third-order valence-corrected chi connectivity index (χ3v) is 6.32. The standard InChI is InChI=1S/C25H23FN6O3/c1-3-11-31-21-10-9-19(16-27)28-22(21)23(24(25(31)33)32(34)35)30-14-12-29(13-15-30)20(4-2)17-5-7-18(26)8-6-17/h1,5-10,20H,4,11-15H2,2H3/t20-/m0/s1. The minimum Gasteiger partial charge on any atom is -0.361 e. The largest absolute Gasteiger partial charge is 0.361 e. The fraction of sp³-hybridized carbons (Fsp3) is 0.320. The number of rotatable bonds is 6. The Hall–Kier alpha value is -4.28. The van der Waals surface area contributed by atoms with E-state index in [1.54, 1.807) is 23.1 Å². The van der Waals surface area contributed by atoms with Gasteiger partial charge in [0.25, 0.3) is 0 Å². The highest BCUT2D eigenvalue weighted by molar-refractivity contribution is 5.94. The van der Waals surface area contributed by atoms with E-state index in [4.69, 9.17) is 6.42 Å². The minimum atomic E-state index is -0.804. The third-order valence-electron chi connectivity index (χ3n) is 6.32. The number of pyridine rings is 2. The first-order chi connectivity index (χ1) is 16.9. The van der Waals surface area contributed by atoms with Crippen LogP contribution >= 0.6 is 0 Å². The van der Waals surface area contributed by atoms with Gasteiger partial charge < -0.3 is 4.90 Å². The number of nitro groups is 1. The van der Waals surface area contributed by atoms with Crippen molar-refractivity contribution in [3.63, 3.8) is 0 Å². The minimum absolute atomic E-state index is 0.0661. The summed E-state index contributed by atoms with van der Waals surface area (Å²) in [7, 11) is 0. The van der Waals surface area contributed by atoms with Crippen LogP contribution in [-0.4, -0.2) is 45.6 Å². The number of fused-ring (bicyclic) bond motifs is 1. The maximum Gasteiger partial charge on any atom is 0.359 e. The molecule has 0 radical (unpaired) electrons. The van der Waals surface area contributed by atoms with Gasteiger partial charge in [0.1, 0.15) is 23.1 Å². The number of hydrogen-bond acceptors (Lipinski definition) is 7. The first-order valence-electron chi connectivity index (χ1n) is 11.2. The molecule has 3 heterocycles. The summed E-state index contributed by atoms with van der Waals surface area (Å²) < 4.78 is 14.5. The summed E-state index contributed by atoms with van der Waals surface area (Å²) in [6.45, 7) is 3.85. The van der Waals surface area contributed by atoms with Gasteiger partial charge in [0, 0.05) is 32.2 Å². The Morgan fingerprint density at radius 2 is 1.89 bits per heavy atom. The van der Waals surface area contributed by atoms with Crippen molar-refractivity contribution < 1.29 is 9.31 Å². The van der Waals surface area contributed by atoms with Gasteiger partial charge in [0.15, 0.2) is 5.69 Å². The highest BCUT2D eigenvalue weighted by atomic mass is 19.1. The molecular formula is C25H23FN6O3. The number of benzene rings is 1. The van der Waals surface area contributed by atoms with Crippen molar-refractivity contribution in [1.82, 2.24) is 14.5 Å². The van der Waals surface area contributed by atoms with Crippen LogP contribution < -0.4 is 10.5 Å². The van der Waals surface area contributed by atoms with Gasteiger partial charge >= 0.3 is 11.2 Å². The summed E-state index contributed by atoms with van der Waals surface area (Å²) >= 11 is 0. The van der Waals surface area contributed by atoms with Gasteiger partial charge in [0.2, 0.25) is 0 Å². The Kier molecular flexibility index (Phi) is 6.76. The maximum atomic E-state index is 13.4. The molecule has 1 aromatic carbocycles. The van der Waals surface area contributed by atoms with Crippen LogP contribution in [0.25, 0.3) is 11.0 Å². The molecule has 9 nitrogen and oxygen atoms in total. The lowest BCUT2D eigenvalue weighted by Gasteiger charge is -2.40. The van der Waals surface area contributed by atoms with Crippen molar-refractivity contribution in [2.45, 2.75) is 25.9 Å². The first kappa shape index (κ1) is 23.9.